The van der Waals surface area contributed by atoms with Gasteiger partial charge < -0.3 is 15.6 Å². The topological polar surface area (TPSA) is 84.5 Å². The van der Waals surface area contributed by atoms with Crippen LogP contribution in [-0.4, -0.2) is 38.6 Å². The van der Waals surface area contributed by atoms with Crippen molar-refractivity contribution in [3.63, 3.8) is 0 Å². The van der Waals surface area contributed by atoms with Crippen LogP contribution in [0.25, 0.3) is 11.3 Å². The highest BCUT2D eigenvalue weighted by Crippen LogP contribution is 2.39. The first-order valence-electron chi connectivity index (χ1n) is 11.2. The molecule has 2 heterocycles. The summed E-state index contributed by atoms with van der Waals surface area (Å²) in [5, 5.41) is 10.7. The molecule has 4 rings (SSSR count). The number of nitrogens with two attached hydrogens (primary N) is 1. The van der Waals surface area contributed by atoms with Crippen LogP contribution in [0.5, 0.6) is 11.5 Å². The number of phenolic OH excluding ortho intramolecular Hbond substituents is 1. The fourth-order valence-electron chi connectivity index (χ4n) is 4.28. The molecule has 168 valence electrons. The van der Waals surface area contributed by atoms with Gasteiger partial charge in [0.15, 0.2) is 0 Å². The van der Waals surface area contributed by atoms with Crippen molar-refractivity contribution >= 4 is 5.95 Å². The highest BCUT2D eigenvalue weighted by Gasteiger charge is 2.30. The molecule has 0 radical (unpaired) electrons. The maximum absolute atomic E-state index is 10.7. The van der Waals surface area contributed by atoms with Crippen LogP contribution >= 0.6 is 0 Å². The average Bonchev–Trinajstić information content (AvgIpc) is 2.77. The Morgan fingerprint density at radius 2 is 1.88 bits per heavy atom. The van der Waals surface area contributed by atoms with Gasteiger partial charge in [-0.15, -0.1) is 0 Å². The van der Waals surface area contributed by atoms with E-state index in [2.05, 4.69) is 35.6 Å². The summed E-state index contributed by atoms with van der Waals surface area (Å²) in [7, 11) is 0. The first-order valence-corrected chi connectivity index (χ1v) is 11.2. The molecule has 6 nitrogen and oxygen atoms in total. The van der Waals surface area contributed by atoms with Crippen LogP contribution in [0, 0.1) is 0 Å². The summed E-state index contributed by atoms with van der Waals surface area (Å²) in [6.07, 6.45) is 2.17. The molecule has 3 aromatic rings. The number of ether oxygens (including phenoxy) is 1. The molecule has 0 aliphatic carbocycles. The summed E-state index contributed by atoms with van der Waals surface area (Å²) in [5.74, 6) is 1.16. The Morgan fingerprint density at radius 1 is 1.09 bits per heavy atom. The van der Waals surface area contributed by atoms with Gasteiger partial charge >= 0.3 is 0 Å². The molecular formula is C26H32N4O2. The molecule has 0 bridgehead atoms. The number of hydrogen-bond acceptors (Lipinski definition) is 6. The highest BCUT2D eigenvalue weighted by molar-refractivity contribution is 5.74. The van der Waals surface area contributed by atoms with E-state index in [1.807, 2.05) is 42.5 Å². The Morgan fingerprint density at radius 3 is 2.62 bits per heavy atom. The normalized spacial score (nSPS) is 17.3. The molecule has 1 unspecified atom stereocenters. The molecule has 6 heteroatoms. The fourth-order valence-corrected chi connectivity index (χ4v) is 4.28. The van der Waals surface area contributed by atoms with Gasteiger partial charge in [0.1, 0.15) is 18.1 Å². The van der Waals surface area contributed by atoms with Crippen LogP contribution in [0.1, 0.15) is 50.8 Å². The summed E-state index contributed by atoms with van der Waals surface area (Å²) >= 11 is 0. The quantitative estimate of drug-likeness (QED) is 0.591. The Labute approximate surface area is 190 Å². The molecule has 1 aliphatic rings. The number of aromatic hydroxyl groups is 1. The van der Waals surface area contributed by atoms with Crippen LogP contribution in [0.15, 0.2) is 54.6 Å². The van der Waals surface area contributed by atoms with Crippen molar-refractivity contribution < 1.29 is 9.84 Å². The third kappa shape index (κ3) is 5.02. The van der Waals surface area contributed by atoms with E-state index in [1.165, 1.54) is 0 Å². The van der Waals surface area contributed by atoms with Crippen LogP contribution < -0.4 is 10.5 Å². The minimum Gasteiger partial charge on any atom is -0.507 e. The van der Waals surface area contributed by atoms with Gasteiger partial charge in [0, 0.05) is 18.0 Å². The third-order valence-electron chi connectivity index (χ3n) is 6.05. The van der Waals surface area contributed by atoms with Gasteiger partial charge in [-0.3, -0.25) is 4.90 Å². The molecule has 2 aromatic carbocycles. The Hall–Kier alpha value is -3.12. The van der Waals surface area contributed by atoms with E-state index in [9.17, 15) is 5.11 Å². The van der Waals surface area contributed by atoms with Crippen molar-refractivity contribution in [1.82, 2.24) is 14.9 Å². The van der Waals surface area contributed by atoms with Crippen molar-refractivity contribution in [2.45, 2.75) is 51.7 Å². The monoisotopic (exact) mass is 432 g/mol. The summed E-state index contributed by atoms with van der Waals surface area (Å²) in [5.41, 5.74) is 9.33. The predicted octanol–water partition coefficient (Wildman–Crippen LogP) is 4.99. The second kappa shape index (κ2) is 9.17. The predicted molar refractivity (Wildman–Crippen MR) is 128 cm³/mol. The zero-order valence-electron chi connectivity index (χ0n) is 19.1. The van der Waals surface area contributed by atoms with Gasteiger partial charge in [-0.1, -0.05) is 36.4 Å². The summed E-state index contributed by atoms with van der Waals surface area (Å²) in [4.78, 5) is 11.5. The van der Waals surface area contributed by atoms with Crippen molar-refractivity contribution in [2.75, 3.05) is 18.8 Å². The van der Waals surface area contributed by atoms with E-state index < -0.39 is 0 Å². The number of nitrogens with zero attached hydrogens (tertiary/aromatic N) is 3. The van der Waals surface area contributed by atoms with Crippen LogP contribution in [0.2, 0.25) is 0 Å². The van der Waals surface area contributed by atoms with Crippen LogP contribution in [0.4, 0.5) is 5.95 Å². The molecule has 0 spiro atoms. The number of rotatable bonds is 5. The van der Waals surface area contributed by atoms with E-state index >= 15 is 0 Å². The first-order chi connectivity index (χ1) is 15.3. The maximum Gasteiger partial charge on any atom is 0.220 e. The lowest BCUT2D eigenvalue weighted by Gasteiger charge is -2.41. The lowest BCUT2D eigenvalue weighted by Crippen LogP contribution is -2.46. The van der Waals surface area contributed by atoms with Crippen LogP contribution in [-0.2, 0) is 6.61 Å². The van der Waals surface area contributed by atoms with E-state index in [1.54, 1.807) is 12.1 Å². The Balaban J connectivity index is 1.65. The van der Waals surface area contributed by atoms with E-state index in [0.29, 0.717) is 23.6 Å². The number of phenols is 1. The molecule has 1 saturated heterocycles. The minimum atomic E-state index is 0.107. The molecular weight excluding hydrogens is 400 g/mol. The maximum atomic E-state index is 10.7. The molecule has 3 N–H and O–H groups in total. The van der Waals surface area contributed by atoms with E-state index in [0.717, 1.165) is 37.2 Å². The molecule has 1 aliphatic heterocycles. The molecule has 1 atom stereocenters. The zero-order chi connectivity index (χ0) is 22.7. The number of piperidine rings is 1. The Kier molecular flexibility index (Phi) is 6.33. The summed E-state index contributed by atoms with van der Waals surface area (Å²) < 4.78 is 6.08. The van der Waals surface area contributed by atoms with Crippen molar-refractivity contribution in [3.8, 4) is 22.8 Å². The van der Waals surface area contributed by atoms with Crippen LogP contribution in [0.3, 0.4) is 0 Å². The van der Waals surface area contributed by atoms with Gasteiger partial charge in [-0.2, -0.15) is 0 Å². The number of anilines is 1. The average molecular weight is 433 g/mol. The van der Waals surface area contributed by atoms with Gasteiger partial charge in [0.2, 0.25) is 5.95 Å². The SMILES string of the molecule is CC(C)(C)N1CCCC(c2cc(-c3c(O)cccc3OCc3ccccc3)nc(N)n2)C1. The second-order valence-corrected chi connectivity index (χ2v) is 9.42. The van der Waals surface area contributed by atoms with Gasteiger partial charge in [0.25, 0.3) is 0 Å². The molecule has 32 heavy (non-hydrogen) atoms. The highest BCUT2D eigenvalue weighted by atomic mass is 16.5. The van der Waals surface area contributed by atoms with E-state index in [-0.39, 0.29) is 23.2 Å². The largest absolute Gasteiger partial charge is 0.507 e. The Bertz CT molecular complexity index is 1060. The smallest absolute Gasteiger partial charge is 0.220 e. The lowest BCUT2D eigenvalue weighted by atomic mass is 9.90. The fraction of sp³-hybridized carbons (Fsp3) is 0.385. The zero-order valence-corrected chi connectivity index (χ0v) is 19.1. The minimum absolute atomic E-state index is 0.107. The summed E-state index contributed by atoms with van der Waals surface area (Å²) in [6, 6.07) is 17.2. The molecule has 0 saturated carbocycles. The second-order valence-electron chi connectivity index (χ2n) is 9.42. The van der Waals surface area contributed by atoms with Crippen molar-refractivity contribution in [3.05, 3.63) is 65.9 Å². The molecule has 1 aromatic heterocycles. The number of hydrogen-bond donors (Lipinski definition) is 2. The molecule has 0 amide bonds. The van der Waals surface area contributed by atoms with Gasteiger partial charge in [-0.05, 0) is 63.9 Å². The molecule has 1 fully saturated rings. The third-order valence-corrected chi connectivity index (χ3v) is 6.05. The summed E-state index contributed by atoms with van der Waals surface area (Å²) in [6.45, 7) is 9.14. The number of benzene rings is 2. The standard InChI is InChI=1S/C26H32N4O2/c1-26(2,3)30-14-8-11-19(16-30)20-15-21(29-25(27)28-20)24-22(31)12-7-13-23(24)32-17-18-9-5-4-6-10-18/h4-7,9-10,12-13,15,19,31H,8,11,14,16-17H2,1-3H3,(H2,27,28,29). The van der Waals surface area contributed by atoms with Crippen molar-refractivity contribution in [1.29, 1.82) is 0 Å². The van der Waals surface area contributed by atoms with Gasteiger partial charge in [0.05, 0.1) is 17.0 Å². The van der Waals surface area contributed by atoms with Gasteiger partial charge in [-0.25, -0.2) is 9.97 Å². The number of aromatic nitrogens is 2. The van der Waals surface area contributed by atoms with Crippen molar-refractivity contribution in [2.24, 2.45) is 0 Å². The first kappa shape index (κ1) is 22.1. The number of likely N-dealkylation sites (tertiary alicyclic amines) is 1. The number of nitrogen functional groups attached to an aromatic ring is 1. The lowest BCUT2D eigenvalue weighted by molar-refractivity contribution is 0.0978. The van der Waals surface area contributed by atoms with E-state index in [4.69, 9.17) is 10.5 Å².